The lowest BCUT2D eigenvalue weighted by molar-refractivity contribution is -0.140. The number of fused-ring (bicyclic) bond motifs is 5. The molecule has 2 saturated heterocycles. The van der Waals surface area contributed by atoms with Crippen LogP contribution in [0.1, 0.15) is 0 Å². The van der Waals surface area contributed by atoms with Crippen LogP contribution in [-0.2, 0) is 14.3 Å². The minimum absolute atomic E-state index is 0.0268. The van der Waals surface area contributed by atoms with Crippen LogP contribution in [0.15, 0.2) is 24.5 Å². The van der Waals surface area contributed by atoms with E-state index in [0.29, 0.717) is 5.76 Å². The van der Waals surface area contributed by atoms with Gasteiger partial charge in [-0.3, -0.25) is 4.79 Å². The van der Waals surface area contributed by atoms with Crippen molar-refractivity contribution in [2.24, 2.45) is 11.8 Å². The zero-order chi connectivity index (χ0) is 8.29. The first kappa shape index (κ1) is 6.43. The summed E-state index contributed by atoms with van der Waals surface area (Å²) in [4.78, 5) is 11.3. The van der Waals surface area contributed by atoms with Crippen molar-refractivity contribution in [3.8, 4) is 0 Å². The van der Waals surface area contributed by atoms with Crippen molar-refractivity contribution in [2.45, 2.75) is 12.2 Å². The Hall–Kier alpha value is -1.09. The number of rotatable bonds is 0. The van der Waals surface area contributed by atoms with Gasteiger partial charge in [-0.1, -0.05) is 18.7 Å². The maximum atomic E-state index is 11.3. The Morgan fingerprint density at radius 2 is 1.92 bits per heavy atom. The highest BCUT2D eigenvalue weighted by molar-refractivity contribution is 5.79. The van der Waals surface area contributed by atoms with Crippen LogP contribution in [0.2, 0.25) is 0 Å². The lowest BCUT2D eigenvalue weighted by Crippen LogP contribution is -2.24. The molecule has 0 aromatic heterocycles. The third-order valence-electron chi connectivity index (χ3n) is 2.78. The summed E-state index contributed by atoms with van der Waals surface area (Å²) in [5.74, 6) is 0.351. The predicted octanol–water partition coefficient (Wildman–Crippen LogP) is 0.626. The first-order valence-corrected chi connectivity index (χ1v) is 4.01. The smallest absolute Gasteiger partial charge is 0.317 e. The van der Waals surface area contributed by atoms with Crippen molar-refractivity contribution in [1.29, 1.82) is 0 Å². The molecule has 0 saturated carbocycles. The van der Waals surface area contributed by atoms with Crippen LogP contribution >= 0.6 is 0 Å². The zero-order valence-corrected chi connectivity index (χ0v) is 6.40. The summed E-state index contributed by atoms with van der Waals surface area (Å²) in [6.07, 6.45) is 3.88. The van der Waals surface area contributed by atoms with Crippen molar-refractivity contribution in [3.05, 3.63) is 24.5 Å². The average molecular weight is 164 g/mol. The first-order chi connectivity index (χ1) is 5.77. The van der Waals surface area contributed by atoms with Crippen LogP contribution in [0.3, 0.4) is 0 Å². The van der Waals surface area contributed by atoms with E-state index in [-0.39, 0.29) is 30.0 Å². The second kappa shape index (κ2) is 1.80. The van der Waals surface area contributed by atoms with Gasteiger partial charge in [0.2, 0.25) is 0 Å². The molecule has 0 aliphatic carbocycles. The topological polar surface area (TPSA) is 35.5 Å². The predicted molar refractivity (Wildman–Crippen MR) is 40.0 cm³/mol. The maximum Gasteiger partial charge on any atom is 0.317 e. The van der Waals surface area contributed by atoms with Crippen molar-refractivity contribution in [2.75, 3.05) is 0 Å². The van der Waals surface area contributed by atoms with Crippen molar-refractivity contribution in [3.63, 3.8) is 0 Å². The molecule has 3 rings (SSSR count). The standard InChI is InChI=1S/C9H8O3/c1-4-7-5-2-3-6(12-5)8(7)9(10)11-4/h2-3,5-8H,1H2. The van der Waals surface area contributed by atoms with E-state index in [9.17, 15) is 4.79 Å². The first-order valence-electron chi connectivity index (χ1n) is 4.01. The second-order valence-electron chi connectivity index (χ2n) is 3.39. The molecule has 3 aliphatic rings. The van der Waals surface area contributed by atoms with Crippen LogP contribution in [0.4, 0.5) is 0 Å². The fourth-order valence-electron chi connectivity index (χ4n) is 2.24. The molecule has 4 atom stereocenters. The summed E-state index contributed by atoms with van der Waals surface area (Å²) < 4.78 is 10.5. The summed E-state index contributed by atoms with van der Waals surface area (Å²) in [5, 5.41) is 0. The monoisotopic (exact) mass is 164 g/mol. The molecule has 3 heteroatoms. The summed E-state index contributed by atoms with van der Waals surface area (Å²) >= 11 is 0. The third kappa shape index (κ3) is 0.547. The summed E-state index contributed by atoms with van der Waals surface area (Å²) in [7, 11) is 0. The Morgan fingerprint density at radius 1 is 1.25 bits per heavy atom. The molecule has 2 bridgehead atoms. The normalized spacial score (nSPS) is 48.3. The van der Waals surface area contributed by atoms with Gasteiger partial charge in [0.05, 0.1) is 24.0 Å². The van der Waals surface area contributed by atoms with E-state index in [1.165, 1.54) is 0 Å². The molecule has 62 valence electrons. The number of carbonyl (C=O) groups excluding carboxylic acids is 1. The molecule has 3 nitrogen and oxygen atoms in total. The van der Waals surface area contributed by atoms with Crippen LogP contribution in [0.5, 0.6) is 0 Å². The van der Waals surface area contributed by atoms with Gasteiger partial charge in [-0.15, -0.1) is 0 Å². The van der Waals surface area contributed by atoms with Gasteiger partial charge in [0, 0.05) is 0 Å². The van der Waals surface area contributed by atoms with Crippen LogP contribution < -0.4 is 0 Å². The average Bonchev–Trinajstić information content (AvgIpc) is 2.64. The SMILES string of the molecule is C=C1OC(=O)C2C3C=CC(O3)C12. The third-order valence-corrected chi connectivity index (χ3v) is 2.78. The summed E-state index contributed by atoms with van der Waals surface area (Å²) in [6, 6.07) is 0. The van der Waals surface area contributed by atoms with Gasteiger partial charge in [-0.05, 0) is 0 Å². The Morgan fingerprint density at radius 3 is 2.58 bits per heavy atom. The summed E-state index contributed by atoms with van der Waals surface area (Å²) in [6.45, 7) is 3.71. The minimum Gasteiger partial charge on any atom is -0.431 e. The number of ether oxygens (including phenoxy) is 2. The number of hydrogen-bond acceptors (Lipinski definition) is 3. The summed E-state index contributed by atoms with van der Waals surface area (Å²) in [5.41, 5.74) is 0. The molecule has 12 heavy (non-hydrogen) atoms. The molecule has 0 spiro atoms. The molecule has 0 aromatic rings. The van der Waals surface area contributed by atoms with Gasteiger partial charge in [0.15, 0.2) is 0 Å². The number of esters is 1. The molecule has 0 radical (unpaired) electrons. The zero-order valence-electron chi connectivity index (χ0n) is 6.40. The molecular formula is C9H8O3. The van der Waals surface area contributed by atoms with E-state index in [1.807, 2.05) is 12.2 Å². The highest BCUT2D eigenvalue weighted by Crippen LogP contribution is 2.47. The fraction of sp³-hybridized carbons (Fsp3) is 0.444. The lowest BCUT2D eigenvalue weighted by atomic mass is 9.84. The number of carbonyl (C=O) groups is 1. The number of cyclic esters (lactones) is 1. The van der Waals surface area contributed by atoms with Crippen LogP contribution in [-0.4, -0.2) is 18.2 Å². The van der Waals surface area contributed by atoms with Gasteiger partial charge >= 0.3 is 5.97 Å². The molecule has 3 heterocycles. The van der Waals surface area contributed by atoms with Crippen molar-refractivity contribution < 1.29 is 14.3 Å². The van der Waals surface area contributed by atoms with E-state index < -0.39 is 0 Å². The van der Waals surface area contributed by atoms with Crippen molar-refractivity contribution in [1.82, 2.24) is 0 Å². The Kier molecular flexibility index (Phi) is 0.964. The molecule has 0 N–H and O–H groups in total. The molecule has 0 amide bonds. The van der Waals surface area contributed by atoms with E-state index in [1.54, 1.807) is 0 Å². The lowest BCUT2D eigenvalue weighted by Gasteiger charge is -2.10. The maximum absolute atomic E-state index is 11.3. The van der Waals surface area contributed by atoms with Crippen LogP contribution in [0, 0.1) is 11.8 Å². The van der Waals surface area contributed by atoms with Crippen LogP contribution in [0.25, 0.3) is 0 Å². The molecule has 4 unspecified atom stereocenters. The molecular weight excluding hydrogens is 156 g/mol. The van der Waals surface area contributed by atoms with E-state index in [4.69, 9.17) is 9.47 Å². The Balaban J connectivity index is 2.08. The Labute approximate surface area is 69.7 Å². The second-order valence-corrected chi connectivity index (χ2v) is 3.39. The molecule has 0 aromatic carbocycles. The fourth-order valence-corrected chi connectivity index (χ4v) is 2.24. The van der Waals surface area contributed by atoms with Gasteiger partial charge < -0.3 is 9.47 Å². The van der Waals surface area contributed by atoms with Gasteiger partial charge in [-0.25, -0.2) is 0 Å². The molecule has 2 fully saturated rings. The quantitative estimate of drug-likeness (QED) is 0.389. The minimum atomic E-state index is -0.179. The van der Waals surface area contributed by atoms with E-state index in [2.05, 4.69) is 6.58 Å². The Bertz CT molecular complexity index is 277. The van der Waals surface area contributed by atoms with Crippen molar-refractivity contribution >= 4 is 5.97 Å². The van der Waals surface area contributed by atoms with Gasteiger partial charge in [0.1, 0.15) is 5.76 Å². The number of hydrogen-bond donors (Lipinski definition) is 0. The van der Waals surface area contributed by atoms with E-state index >= 15 is 0 Å². The van der Waals surface area contributed by atoms with E-state index in [0.717, 1.165) is 0 Å². The molecule has 3 aliphatic heterocycles. The highest BCUT2D eigenvalue weighted by atomic mass is 16.6. The van der Waals surface area contributed by atoms with Gasteiger partial charge in [-0.2, -0.15) is 0 Å². The largest absolute Gasteiger partial charge is 0.431 e. The van der Waals surface area contributed by atoms with Gasteiger partial charge in [0.25, 0.3) is 0 Å². The highest BCUT2D eigenvalue weighted by Gasteiger charge is 2.56.